The van der Waals surface area contributed by atoms with Gasteiger partial charge in [0, 0.05) is 29.9 Å². The Labute approximate surface area is 156 Å². The van der Waals surface area contributed by atoms with Crippen LogP contribution in [0.3, 0.4) is 0 Å². The summed E-state index contributed by atoms with van der Waals surface area (Å²) in [5, 5.41) is 11.2. The third-order valence-electron chi connectivity index (χ3n) is 5.16. The van der Waals surface area contributed by atoms with Gasteiger partial charge in [-0.2, -0.15) is 5.10 Å². The summed E-state index contributed by atoms with van der Waals surface area (Å²) in [5.74, 6) is 0. The topological polar surface area (TPSA) is 91.2 Å². The van der Waals surface area contributed by atoms with Crippen LogP contribution < -0.4 is 10.9 Å². The number of nitrogens with one attached hydrogen (secondary N) is 2. The number of fused-ring (bicyclic) bond motifs is 2. The molecule has 7 nitrogen and oxygen atoms in total. The normalized spacial score (nSPS) is 13.0. The van der Waals surface area contributed by atoms with Gasteiger partial charge in [-0.1, -0.05) is 0 Å². The quantitative estimate of drug-likeness (QED) is 0.696. The highest BCUT2D eigenvalue weighted by molar-refractivity contribution is 5.94. The van der Waals surface area contributed by atoms with Crippen molar-refractivity contribution in [1.29, 1.82) is 0 Å². The molecule has 0 fully saturated rings. The third-order valence-corrected chi connectivity index (χ3v) is 5.16. The number of urea groups is 1. The number of nitrogens with zero attached hydrogens (tertiary/aromatic N) is 2. The molecule has 27 heavy (non-hydrogen) atoms. The zero-order valence-electron chi connectivity index (χ0n) is 15.7. The lowest BCUT2D eigenvalue weighted by atomic mass is 10.1. The molecule has 0 bridgehead atoms. The van der Waals surface area contributed by atoms with Crippen molar-refractivity contribution in [3.05, 3.63) is 56.7 Å². The molecule has 140 valence electrons. The van der Waals surface area contributed by atoms with Crippen molar-refractivity contribution in [1.82, 2.24) is 15.1 Å². The number of aryl methyl sites for hydroxylation is 3. The average molecular weight is 366 g/mol. The van der Waals surface area contributed by atoms with Gasteiger partial charge in [-0.05, 0) is 61.9 Å². The molecule has 7 heteroatoms. The van der Waals surface area contributed by atoms with E-state index in [0.29, 0.717) is 17.8 Å². The molecule has 0 atom stereocenters. The van der Waals surface area contributed by atoms with Gasteiger partial charge < -0.3 is 14.6 Å². The van der Waals surface area contributed by atoms with E-state index >= 15 is 0 Å². The smallest absolute Gasteiger partial charge is 0.336 e. The molecule has 0 spiro atoms. The lowest BCUT2D eigenvalue weighted by Gasteiger charge is -2.19. The summed E-state index contributed by atoms with van der Waals surface area (Å²) in [6.07, 6.45) is 3.19. The molecule has 1 aliphatic carbocycles. The van der Waals surface area contributed by atoms with E-state index in [2.05, 4.69) is 15.5 Å². The number of rotatable bonds is 3. The molecule has 2 aromatic heterocycles. The molecule has 0 saturated carbocycles. The second kappa shape index (κ2) is 6.57. The maximum atomic E-state index is 12.7. The summed E-state index contributed by atoms with van der Waals surface area (Å²) in [6.45, 7) is 4.18. The van der Waals surface area contributed by atoms with E-state index < -0.39 is 0 Å². The molecule has 1 aromatic carbocycles. The Morgan fingerprint density at radius 3 is 2.89 bits per heavy atom. The van der Waals surface area contributed by atoms with Crippen molar-refractivity contribution in [2.75, 3.05) is 12.4 Å². The summed E-state index contributed by atoms with van der Waals surface area (Å²) in [4.78, 5) is 25.8. The number of benzene rings is 1. The highest BCUT2D eigenvalue weighted by atomic mass is 16.4. The Morgan fingerprint density at radius 2 is 2.07 bits per heavy atom. The minimum Gasteiger partial charge on any atom is -0.423 e. The zero-order valence-corrected chi connectivity index (χ0v) is 15.7. The van der Waals surface area contributed by atoms with Crippen LogP contribution in [-0.2, 0) is 19.4 Å². The number of amides is 2. The van der Waals surface area contributed by atoms with Gasteiger partial charge in [0.1, 0.15) is 5.58 Å². The van der Waals surface area contributed by atoms with Crippen molar-refractivity contribution in [3.8, 4) is 0 Å². The van der Waals surface area contributed by atoms with Crippen molar-refractivity contribution in [2.24, 2.45) is 0 Å². The molecule has 2 heterocycles. The van der Waals surface area contributed by atoms with Gasteiger partial charge in [-0.3, -0.25) is 5.10 Å². The zero-order chi connectivity index (χ0) is 19.1. The second-order valence-electron chi connectivity index (χ2n) is 7.18. The number of hydrogen-bond acceptors (Lipinski definition) is 4. The molecule has 2 amide bonds. The highest BCUT2D eigenvalue weighted by Gasteiger charge is 2.21. The number of aromatic amines is 1. The van der Waals surface area contributed by atoms with Crippen molar-refractivity contribution in [2.45, 2.75) is 39.7 Å². The van der Waals surface area contributed by atoms with Gasteiger partial charge in [-0.25, -0.2) is 9.59 Å². The number of hydrogen-bond donors (Lipinski definition) is 2. The Hall–Kier alpha value is -3.09. The molecule has 2 N–H and O–H groups in total. The Morgan fingerprint density at radius 1 is 1.26 bits per heavy atom. The molecule has 1 aliphatic rings. The molecular formula is C20H22N4O3. The molecule has 4 rings (SSSR count). The maximum absolute atomic E-state index is 12.7. The van der Waals surface area contributed by atoms with E-state index in [0.717, 1.165) is 41.5 Å². The first-order chi connectivity index (χ1) is 12.9. The predicted octanol–water partition coefficient (Wildman–Crippen LogP) is 3.29. The van der Waals surface area contributed by atoms with Gasteiger partial charge in [-0.15, -0.1) is 0 Å². The molecule has 0 unspecified atom stereocenters. The van der Waals surface area contributed by atoms with Crippen LogP contribution in [0.2, 0.25) is 0 Å². The minimum absolute atomic E-state index is 0.206. The lowest BCUT2D eigenvalue weighted by Crippen LogP contribution is -2.31. The van der Waals surface area contributed by atoms with E-state index in [4.69, 9.17) is 4.42 Å². The molecule has 0 saturated heterocycles. The first-order valence-electron chi connectivity index (χ1n) is 9.04. The minimum atomic E-state index is -0.373. The van der Waals surface area contributed by atoms with Crippen molar-refractivity contribution < 1.29 is 9.21 Å². The van der Waals surface area contributed by atoms with E-state index in [-0.39, 0.29) is 11.7 Å². The van der Waals surface area contributed by atoms with Crippen LogP contribution in [0.5, 0.6) is 0 Å². The summed E-state index contributed by atoms with van der Waals surface area (Å²) in [5.41, 5.74) is 5.88. The molecule has 3 aromatic rings. The summed E-state index contributed by atoms with van der Waals surface area (Å²) in [6, 6.07) is 4.87. The van der Waals surface area contributed by atoms with Crippen LogP contribution in [-0.4, -0.2) is 28.2 Å². The first kappa shape index (κ1) is 17.3. The molecule has 0 aliphatic heterocycles. The van der Waals surface area contributed by atoms with Gasteiger partial charge >= 0.3 is 11.7 Å². The lowest BCUT2D eigenvalue weighted by molar-refractivity contribution is 0.220. The predicted molar refractivity (Wildman–Crippen MR) is 103 cm³/mol. The van der Waals surface area contributed by atoms with Gasteiger partial charge in [0.25, 0.3) is 0 Å². The fourth-order valence-electron chi connectivity index (χ4n) is 3.63. The van der Waals surface area contributed by atoms with Crippen LogP contribution in [0.4, 0.5) is 10.5 Å². The van der Waals surface area contributed by atoms with E-state index in [9.17, 15) is 9.59 Å². The summed E-state index contributed by atoms with van der Waals surface area (Å²) >= 11 is 0. The number of H-pyrrole nitrogens is 1. The highest BCUT2D eigenvalue weighted by Crippen LogP contribution is 2.26. The third kappa shape index (κ3) is 3.20. The Kier molecular flexibility index (Phi) is 4.22. The van der Waals surface area contributed by atoms with Crippen LogP contribution in [0, 0.1) is 13.8 Å². The first-order valence-corrected chi connectivity index (χ1v) is 9.04. The average Bonchev–Trinajstić information content (AvgIpc) is 3.21. The van der Waals surface area contributed by atoms with Crippen LogP contribution in [0.15, 0.2) is 27.4 Å². The van der Waals surface area contributed by atoms with Crippen molar-refractivity contribution in [3.63, 3.8) is 0 Å². The molecule has 0 radical (unpaired) electrons. The standard InChI is InChI=1S/C20H22N4O3/c1-11-8-19(25)27-18-7-12(2)16(9-14(11)18)21-20(26)24(3)10-17-13-5-4-6-15(13)22-23-17/h7-9H,4-6,10H2,1-3H3,(H,21,26)(H,22,23). The Bertz CT molecular complexity index is 1100. The largest absolute Gasteiger partial charge is 0.423 e. The number of carbonyl (C=O) groups excluding carboxylic acids is 1. The number of anilines is 1. The van der Waals surface area contributed by atoms with Gasteiger partial charge in [0.05, 0.1) is 12.2 Å². The number of aromatic nitrogens is 2. The summed E-state index contributed by atoms with van der Waals surface area (Å²) < 4.78 is 5.25. The fraction of sp³-hybridized carbons (Fsp3) is 0.350. The van der Waals surface area contributed by atoms with Crippen LogP contribution >= 0.6 is 0 Å². The van der Waals surface area contributed by atoms with E-state index in [1.54, 1.807) is 18.0 Å². The summed E-state index contributed by atoms with van der Waals surface area (Å²) in [7, 11) is 1.76. The maximum Gasteiger partial charge on any atom is 0.336 e. The van der Waals surface area contributed by atoms with Crippen LogP contribution in [0.1, 0.15) is 34.5 Å². The van der Waals surface area contributed by atoms with Crippen LogP contribution in [0.25, 0.3) is 11.0 Å². The fourth-order valence-corrected chi connectivity index (χ4v) is 3.63. The Balaban J connectivity index is 1.55. The van der Waals surface area contributed by atoms with E-state index in [1.165, 1.54) is 17.3 Å². The molecular weight excluding hydrogens is 344 g/mol. The second-order valence-corrected chi connectivity index (χ2v) is 7.18. The van der Waals surface area contributed by atoms with E-state index in [1.807, 2.05) is 19.9 Å². The monoisotopic (exact) mass is 366 g/mol. The number of carbonyl (C=O) groups is 1. The SMILES string of the molecule is Cc1cc2oc(=O)cc(C)c2cc1NC(=O)N(C)Cc1n[nH]c2c1CCC2. The van der Waals surface area contributed by atoms with Gasteiger partial charge in [0.15, 0.2) is 0 Å². The van der Waals surface area contributed by atoms with Gasteiger partial charge in [0.2, 0.25) is 0 Å². The van der Waals surface area contributed by atoms with Crippen molar-refractivity contribution >= 4 is 22.7 Å².